The molecule has 4 nitrogen and oxygen atoms in total. The van der Waals surface area contributed by atoms with Crippen LogP contribution in [0, 0.1) is 0 Å². The number of hydrogen-bond acceptors (Lipinski definition) is 3. The monoisotopic (exact) mass is 284 g/mol. The highest BCUT2D eigenvalue weighted by atomic mass is 35.5. The Kier molecular flexibility index (Phi) is 6.12. The number of methoxy groups -OCH3 is 1. The van der Waals surface area contributed by atoms with E-state index in [2.05, 4.69) is 5.32 Å². The van der Waals surface area contributed by atoms with Crippen LogP contribution in [0.15, 0.2) is 24.3 Å². The first-order valence-electron chi connectivity index (χ1n) is 6.36. The second-order valence-electron chi connectivity index (χ2n) is 4.57. The summed E-state index contributed by atoms with van der Waals surface area (Å²) in [7, 11) is 1.64. The van der Waals surface area contributed by atoms with Crippen molar-refractivity contribution in [3.05, 3.63) is 29.8 Å². The van der Waals surface area contributed by atoms with Crippen molar-refractivity contribution >= 4 is 18.3 Å². The molecule has 2 rings (SSSR count). The number of ether oxygens (including phenoxy) is 1. The first-order valence-corrected chi connectivity index (χ1v) is 6.36. The van der Waals surface area contributed by atoms with Gasteiger partial charge in [-0.05, 0) is 24.6 Å². The van der Waals surface area contributed by atoms with Crippen LogP contribution in [0.4, 0.5) is 0 Å². The standard InChI is InChI=1S/C14H20N2O2.ClH/c1-11(12-3-5-13(18-2)6-4-12)14(17)16-9-7-15-8-10-16;/h3-6,11,15H,7-10H2,1-2H3;1H. The molecule has 106 valence electrons. The summed E-state index contributed by atoms with van der Waals surface area (Å²) in [5.74, 6) is 0.941. The van der Waals surface area contributed by atoms with E-state index in [1.807, 2.05) is 36.1 Å². The largest absolute Gasteiger partial charge is 0.497 e. The number of amides is 1. The van der Waals surface area contributed by atoms with E-state index in [0.29, 0.717) is 0 Å². The highest BCUT2D eigenvalue weighted by Crippen LogP contribution is 2.21. The molecular weight excluding hydrogens is 264 g/mol. The summed E-state index contributed by atoms with van der Waals surface area (Å²) in [6.45, 7) is 5.35. The number of benzene rings is 1. The van der Waals surface area contributed by atoms with E-state index in [-0.39, 0.29) is 24.2 Å². The number of nitrogens with zero attached hydrogens (tertiary/aromatic N) is 1. The van der Waals surface area contributed by atoms with E-state index >= 15 is 0 Å². The van der Waals surface area contributed by atoms with Crippen LogP contribution in [0.3, 0.4) is 0 Å². The molecule has 1 amide bonds. The van der Waals surface area contributed by atoms with Crippen LogP contribution >= 0.6 is 12.4 Å². The van der Waals surface area contributed by atoms with E-state index in [1.165, 1.54) is 0 Å². The zero-order valence-corrected chi connectivity index (χ0v) is 12.2. The van der Waals surface area contributed by atoms with Crippen LogP contribution in [0.1, 0.15) is 18.4 Å². The van der Waals surface area contributed by atoms with Crippen LogP contribution in [-0.2, 0) is 4.79 Å². The Morgan fingerprint density at radius 2 is 1.84 bits per heavy atom. The zero-order valence-electron chi connectivity index (χ0n) is 11.4. The second-order valence-corrected chi connectivity index (χ2v) is 4.57. The Labute approximate surface area is 120 Å². The molecule has 1 heterocycles. The molecule has 1 aliphatic rings. The predicted octanol–water partition coefficient (Wildman–Crippen LogP) is 1.65. The fourth-order valence-electron chi connectivity index (χ4n) is 2.19. The van der Waals surface area contributed by atoms with Crippen LogP contribution in [-0.4, -0.2) is 44.1 Å². The summed E-state index contributed by atoms with van der Waals surface area (Å²) >= 11 is 0. The summed E-state index contributed by atoms with van der Waals surface area (Å²) in [6.07, 6.45) is 0. The molecule has 1 atom stereocenters. The molecule has 0 bridgehead atoms. The van der Waals surface area contributed by atoms with Crippen molar-refractivity contribution in [2.45, 2.75) is 12.8 Å². The number of piperazine rings is 1. The van der Waals surface area contributed by atoms with Gasteiger partial charge in [0, 0.05) is 26.2 Å². The molecule has 5 heteroatoms. The Morgan fingerprint density at radius 1 is 1.26 bits per heavy atom. The number of rotatable bonds is 3. The molecule has 19 heavy (non-hydrogen) atoms. The first-order chi connectivity index (χ1) is 8.72. The summed E-state index contributed by atoms with van der Waals surface area (Å²) in [5.41, 5.74) is 1.04. The third-order valence-corrected chi connectivity index (χ3v) is 3.41. The van der Waals surface area contributed by atoms with Gasteiger partial charge in [-0.2, -0.15) is 0 Å². The maximum Gasteiger partial charge on any atom is 0.229 e. The number of carbonyl (C=O) groups is 1. The first kappa shape index (κ1) is 15.8. The molecule has 1 saturated heterocycles. The molecule has 1 unspecified atom stereocenters. The third-order valence-electron chi connectivity index (χ3n) is 3.41. The Hall–Kier alpha value is -1.26. The van der Waals surface area contributed by atoms with Crippen molar-refractivity contribution in [2.24, 2.45) is 0 Å². The van der Waals surface area contributed by atoms with Crippen LogP contribution in [0.25, 0.3) is 0 Å². The van der Waals surface area contributed by atoms with Crippen LogP contribution < -0.4 is 10.1 Å². The average Bonchev–Trinajstić information content (AvgIpc) is 2.47. The van der Waals surface area contributed by atoms with Crippen molar-refractivity contribution in [3.63, 3.8) is 0 Å². The van der Waals surface area contributed by atoms with Crippen molar-refractivity contribution in [1.82, 2.24) is 10.2 Å². The Balaban J connectivity index is 0.00000180. The van der Waals surface area contributed by atoms with Gasteiger partial charge in [-0.3, -0.25) is 4.79 Å². The molecule has 0 aromatic heterocycles. The molecule has 1 aromatic carbocycles. The smallest absolute Gasteiger partial charge is 0.229 e. The predicted molar refractivity (Wildman–Crippen MR) is 78.1 cm³/mol. The summed E-state index contributed by atoms with van der Waals surface area (Å²) < 4.78 is 5.12. The molecule has 1 aromatic rings. The van der Waals surface area contributed by atoms with E-state index in [1.54, 1.807) is 7.11 Å². The fraction of sp³-hybridized carbons (Fsp3) is 0.500. The van der Waals surface area contributed by atoms with Gasteiger partial charge in [0.05, 0.1) is 13.0 Å². The van der Waals surface area contributed by atoms with Crippen molar-refractivity contribution in [1.29, 1.82) is 0 Å². The van der Waals surface area contributed by atoms with Gasteiger partial charge in [0.15, 0.2) is 0 Å². The minimum Gasteiger partial charge on any atom is -0.497 e. The fourth-order valence-corrected chi connectivity index (χ4v) is 2.19. The molecular formula is C14H21ClN2O2. The van der Waals surface area contributed by atoms with Gasteiger partial charge in [0.1, 0.15) is 5.75 Å². The highest BCUT2D eigenvalue weighted by molar-refractivity contribution is 5.85. The van der Waals surface area contributed by atoms with Gasteiger partial charge in [-0.1, -0.05) is 12.1 Å². The number of nitrogens with one attached hydrogen (secondary N) is 1. The normalized spacial score (nSPS) is 16.4. The zero-order chi connectivity index (χ0) is 13.0. The minimum atomic E-state index is -0.0889. The van der Waals surface area contributed by atoms with Crippen LogP contribution in [0.2, 0.25) is 0 Å². The highest BCUT2D eigenvalue weighted by Gasteiger charge is 2.22. The minimum absolute atomic E-state index is 0. The lowest BCUT2D eigenvalue weighted by Gasteiger charge is -2.30. The third kappa shape index (κ3) is 3.85. The molecule has 0 aliphatic carbocycles. The molecule has 1 aliphatic heterocycles. The van der Waals surface area contributed by atoms with Crippen molar-refractivity contribution in [3.8, 4) is 5.75 Å². The van der Waals surface area contributed by atoms with Gasteiger partial charge in [-0.15, -0.1) is 12.4 Å². The maximum absolute atomic E-state index is 12.3. The lowest BCUT2D eigenvalue weighted by Crippen LogP contribution is -2.47. The second kappa shape index (κ2) is 7.36. The maximum atomic E-state index is 12.3. The lowest BCUT2D eigenvalue weighted by molar-refractivity contribution is -0.133. The number of carbonyl (C=O) groups excluding carboxylic acids is 1. The summed E-state index contributed by atoms with van der Waals surface area (Å²) in [5, 5.41) is 3.25. The van der Waals surface area contributed by atoms with Gasteiger partial charge >= 0.3 is 0 Å². The SMILES string of the molecule is COc1ccc(C(C)C(=O)N2CCNCC2)cc1.Cl. The van der Waals surface area contributed by atoms with Crippen molar-refractivity contribution < 1.29 is 9.53 Å². The number of halogens is 1. The average molecular weight is 285 g/mol. The molecule has 1 fully saturated rings. The van der Waals surface area contributed by atoms with Gasteiger partial charge < -0.3 is 15.0 Å². The Morgan fingerprint density at radius 3 is 2.37 bits per heavy atom. The van der Waals surface area contributed by atoms with Crippen molar-refractivity contribution in [2.75, 3.05) is 33.3 Å². The van der Waals surface area contributed by atoms with Gasteiger partial charge in [0.25, 0.3) is 0 Å². The van der Waals surface area contributed by atoms with E-state index in [0.717, 1.165) is 37.5 Å². The summed E-state index contributed by atoms with van der Waals surface area (Å²) in [4.78, 5) is 14.3. The quantitative estimate of drug-likeness (QED) is 0.918. The molecule has 0 saturated carbocycles. The number of hydrogen-bond donors (Lipinski definition) is 1. The van der Waals surface area contributed by atoms with Gasteiger partial charge in [-0.25, -0.2) is 0 Å². The summed E-state index contributed by atoms with van der Waals surface area (Å²) in [6, 6.07) is 7.72. The Bertz CT molecular complexity index is 402. The molecule has 0 radical (unpaired) electrons. The van der Waals surface area contributed by atoms with E-state index in [9.17, 15) is 4.79 Å². The topological polar surface area (TPSA) is 41.6 Å². The molecule has 0 spiro atoms. The molecule has 1 N–H and O–H groups in total. The van der Waals surface area contributed by atoms with Crippen LogP contribution in [0.5, 0.6) is 5.75 Å². The van der Waals surface area contributed by atoms with E-state index in [4.69, 9.17) is 4.74 Å². The lowest BCUT2D eigenvalue weighted by atomic mass is 9.99. The van der Waals surface area contributed by atoms with E-state index < -0.39 is 0 Å². The van der Waals surface area contributed by atoms with Gasteiger partial charge in [0.2, 0.25) is 5.91 Å².